The number of methoxy groups -OCH3 is 2. The molecule has 2 N–H and O–H groups in total. The van der Waals surface area contributed by atoms with Crippen LogP contribution >= 0.6 is 11.8 Å². The Morgan fingerprint density at radius 1 is 1.00 bits per heavy atom. The monoisotopic (exact) mass is 484 g/mol. The molecule has 0 fully saturated rings. The molecule has 3 aromatic rings. The number of nitrogens with one attached hydrogen (secondary N) is 2. The van der Waals surface area contributed by atoms with Crippen molar-refractivity contribution in [2.45, 2.75) is 5.16 Å². The minimum absolute atomic E-state index is 0.111. The molecular formula is C23H24N4O6S. The van der Waals surface area contributed by atoms with Gasteiger partial charge in [-0.2, -0.15) is 0 Å². The number of thioether (sulfide) groups is 1. The van der Waals surface area contributed by atoms with Crippen molar-refractivity contribution in [3.63, 3.8) is 0 Å². The molecule has 0 bridgehead atoms. The summed E-state index contributed by atoms with van der Waals surface area (Å²) < 4.78 is 17.3. The van der Waals surface area contributed by atoms with Gasteiger partial charge in [-0.3, -0.25) is 9.59 Å². The maximum absolute atomic E-state index is 12.6. The minimum atomic E-state index is -0.746. The highest BCUT2D eigenvalue weighted by molar-refractivity contribution is 7.99. The van der Waals surface area contributed by atoms with Crippen LogP contribution < -0.4 is 20.1 Å². The van der Waals surface area contributed by atoms with Gasteiger partial charge in [0.2, 0.25) is 5.91 Å². The molecule has 0 aliphatic rings. The minimum Gasteiger partial charge on any atom is -0.497 e. The summed E-state index contributed by atoms with van der Waals surface area (Å²) in [5.74, 6) is -0.527. The molecule has 3 rings (SSSR count). The number of esters is 1. The molecule has 1 aromatic heterocycles. The number of aromatic nitrogens is 2. The normalized spacial score (nSPS) is 10.3. The highest BCUT2D eigenvalue weighted by atomic mass is 32.2. The Morgan fingerprint density at radius 2 is 1.76 bits per heavy atom. The Kier molecular flexibility index (Phi) is 8.52. The number of benzene rings is 2. The largest absolute Gasteiger partial charge is 0.497 e. The van der Waals surface area contributed by atoms with Gasteiger partial charge >= 0.3 is 5.97 Å². The van der Waals surface area contributed by atoms with Gasteiger partial charge in [-0.25, -0.2) is 9.78 Å². The van der Waals surface area contributed by atoms with Crippen LogP contribution in [-0.4, -0.2) is 53.9 Å². The van der Waals surface area contributed by atoms with Crippen molar-refractivity contribution in [1.29, 1.82) is 0 Å². The summed E-state index contributed by atoms with van der Waals surface area (Å²) in [4.78, 5) is 41.4. The number of rotatable bonds is 10. The van der Waals surface area contributed by atoms with Gasteiger partial charge in [0.15, 0.2) is 11.8 Å². The van der Waals surface area contributed by atoms with E-state index >= 15 is 0 Å². The number of nitrogens with zero attached hydrogens (tertiary/aromatic N) is 2. The summed E-state index contributed by atoms with van der Waals surface area (Å²) >= 11 is 1.27. The van der Waals surface area contributed by atoms with Crippen molar-refractivity contribution in [3.05, 3.63) is 60.4 Å². The van der Waals surface area contributed by atoms with Crippen molar-refractivity contribution >= 4 is 40.9 Å². The van der Waals surface area contributed by atoms with Crippen molar-refractivity contribution in [1.82, 2.24) is 9.55 Å². The molecule has 0 unspecified atom stereocenters. The van der Waals surface area contributed by atoms with E-state index in [2.05, 4.69) is 15.6 Å². The van der Waals surface area contributed by atoms with Crippen LogP contribution in [0.15, 0.2) is 60.0 Å². The molecule has 2 amide bonds. The van der Waals surface area contributed by atoms with Crippen molar-refractivity contribution < 1.29 is 28.6 Å². The summed E-state index contributed by atoms with van der Waals surface area (Å²) in [5.41, 5.74) is 0.824. The molecule has 0 radical (unpaired) electrons. The molecule has 1 heterocycles. The van der Waals surface area contributed by atoms with E-state index in [4.69, 9.17) is 14.2 Å². The van der Waals surface area contributed by atoms with Gasteiger partial charge in [-0.05, 0) is 24.3 Å². The molecule has 0 saturated heterocycles. The molecule has 34 heavy (non-hydrogen) atoms. The van der Waals surface area contributed by atoms with E-state index in [0.717, 1.165) is 0 Å². The van der Waals surface area contributed by atoms with Crippen LogP contribution in [-0.2, 0) is 21.4 Å². The van der Waals surface area contributed by atoms with Crippen LogP contribution in [0.3, 0.4) is 0 Å². The summed E-state index contributed by atoms with van der Waals surface area (Å²) in [6.07, 6.45) is 3.43. The Hall–Kier alpha value is -3.99. The first-order chi connectivity index (χ1) is 16.4. The number of aryl methyl sites for hydroxylation is 1. The third-order valence-corrected chi connectivity index (χ3v) is 5.61. The number of imidazole rings is 1. The Balaban J connectivity index is 1.56. The fraction of sp³-hybridized carbons (Fsp3) is 0.217. The second-order valence-electron chi connectivity index (χ2n) is 6.89. The summed E-state index contributed by atoms with van der Waals surface area (Å²) in [5, 5.41) is 6.02. The molecule has 0 atom stereocenters. The van der Waals surface area contributed by atoms with Gasteiger partial charge in [0.25, 0.3) is 5.91 Å². The average molecular weight is 485 g/mol. The summed E-state index contributed by atoms with van der Waals surface area (Å²) in [7, 11) is 4.82. The zero-order chi connectivity index (χ0) is 24.5. The van der Waals surface area contributed by atoms with E-state index in [1.54, 1.807) is 53.4 Å². The van der Waals surface area contributed by atoms with E-state index in [9.17, 15) is 14.4 Å². The third kappa shape index (κ3) is 6.51. The number of hydrogen-bond donors (Lipinski definition) is 2. The first kappa shape index (κ1) is 24.6. The predicted octanol–water partition coefficient (Wildman–Crippen LogP) is 2.96. The number of anilines is 2. The topological polar surface area (TPSA) is 121 Å². The first-order valence-corrected chi connectivity index (χ1v) is 11.1. The number of carbonyl (C=O) groups excluding carboxylic acids is 3. The van der Waals surface area contributed by atoms with E-state index < -0.39 is 18.5 Å². The Labute approximate surface area is 200 Å². The predicted molar refractivity (Wildman–Crippen MR) is 127 cm³/mol. The molecule has 0 aliphatic heterocycles. The highest BCUT2D eigenvalue weighted by Gasteiger charge is 2.17. The zero-order valence-electron chi connectivity index (χ0n) is 18.9. The summed E-state index contributed by atoms with van der Waals surface area (Å²) in [6.45, 7) is -0.523. The van der Waals surface area contributed by atoms with Gasteiger partial charge in [0, 0.05) is 25.5 Å². The second kappa shape index (κ2) is 11.8. The number of ether oxygens (including phenoxy) is 3. The fourth-order valence-corrected chi connectivity index (χ4v) is 3.61. The first-order valence-electron chi connectivity index (χ1n) is 10.1. The van der Waals surface area contributed by atoms with E-state index in [0.29, 0.717) is 22.3 Å². The highest BCUT2D eigenvalue weighted by Crippen LogP contribution is 2.29. The Morgan fingerprint density at radius 3 is 2.47 bits per heavy atom. The van der Waals surface area contributed by atoms with Crippen LogP contribution in [0.4, 0.5) is 11.4 Å². The van der Waals surface area contributed by atoms with E-state index in [1.165, 1.54) is 32.0 Å². The lowest BCUT2D eigenvalue weighted by atomic mass is 10.2. The quantitative estimate of drug-likeness (QED) is 0.333. The van der Waals surface area contributed by atoms with E-state index in [-0.39, 0.29) is 22.9 Å². The number of carbonyl (C=O) groups is 3. The van der Waals surface area contributed by atoms with Crippen LogP contribution in [0.25, 0.3) is 0 Å². The molecule has 10 nitrogen and oxygen atoms in total. The lowest BCUT2D eigenvalue weighted by Crippen LogP contribution is -2.22. The van der Waals surface area contributed by atoms with Crippen LogP contribution in [0.5, 0.6) is 11.5 Å². The van der Waals surface area contributed by atoms with Gasteiger partial charge in [0.1, 0.15) is 11.5 Å². The lowest BCUT2D eigenvalue weighted by molar-refractivity contribution is -0.119. The second-order valence-corrected chi connectivity index (χ2v) is 7.84. The maximum atomic E-state index is 12.6. The lowest BCUT2D eigenvalue weighted by Gasteiger charge is -2.13. The van der Waals surface area contributed by atoms with Gasteiger partial charge in [-0.1, -0.05) is 23.9 Å². The van der Waals surface area contributed by atoms with Crippen molar-refractivity contribution in [2.75, 3.05) is 37.2 Å². The zero-order valence-corrected chi connectivity index (χ0v) is 19.7. The number of para-hydroxylation sites is 1. The Bertz CT molecular complexity index is 1180. The molecule has 0 spiro atoms. The SMILES string of the molecule is COc1ccc(NC(=O)COC(=O)c2ccccc2NC(=O)CSc2nccn2C)c(OC)c1. The van der Waals surface area contributed by atoms with Gasteiger partial charge < -0.3 is 29.4 Å². The molecule has 2 aromatic carbocycles. The van der Waals surface area contributed by atoms with Gasteiger partial charge in [-0.15, -0.1) is 0 Å². The summed E-state index contributed by atoms with van der Waals surface area (Å²) in [6, 6.07) is 11.3. The smallest absolute Gasteiger partial charge is 0.340 e. The molecule has 11 heteroatoms. The molecular weight excluding hydrogens is 460 g/mol. The standard InChI is InChI=1S/C23H24N4O6S/c1-27-11-10-24-23(27)34-14-21(29)25-17-7-5-4-6-16(17)22(30)33-13-20(28)26-18-9-8-15(31-2)12-19(18)32-3/h4-12H,13-14H2,1-3H3,(H,25,29)(H,26,28). The van der Waals surface area contributed by atoms with Crippen molar-refractivity contribution in [3.8, 4) is 11.5 Å². The van der Waals surface area contributed by atoms with Crippen LogP contribution in [0.2, 0.25) is 0 Å². The molecule has 0 aliphatic carbocycles. The average Bonchev–Trinajstić information content (AvgIpc) is 3.26. The number of hydrogen-bond acceptors (Lipinski definition) is 8. The van der Waals surface area contributed by atoms with Crippen LogP contribution in [0.1, 0.15) is 10.4 Å². The van der Waals surface area contributed by atoms with E-state index in [1.807, 2.05) is 7.05 Å². The number of amides is 2. The molecule has 0 saturated carbocycles. The fourth-order valence-electron chi connectivity index (χ4n) is 2.87. The van der Waals surface area contributed by atoms with Gasteiger partial charge in [0.05, 0.1) is 36.9 Å². The van der Waals surface area contributed by atoms with Crippen molar-refractivity contribution in [2.24, 2.45) is 7.05 Å². The third-order valence-electron chi connectivity index (χ3n) is 4.55. The van der Waals surface area contributed by atoms with Crippen LogP contribution in [0, 0.1) is 0 Å². The maximum Gasteiger partial charge on any atom is 0.340 e. The molecule has 178 valence electrons.